The normalized spacial score (nSPS) is 21.9. The molecule has 0 N–H and O–H groups in total. The third-order valence-electron chi connectivity index (χ3n) is 4.33. The van der Waals surface area contributed by atoms with Gasteiger partial charge in [-0.25, -0.2) is 8.78 Å². The van der Waals surface area contributed by atoms with Crippen LogP contribution in [-0.2, 0) is 6.54 Å². The Bertz CT molecular complexity index is 558. The molecule has 1 amide bonds. The van der Waals surface area contributed by atoms with Crippen LogP contribution in [0.15, 0.2) is 24.8 Å². The van der Waals surface area contributed by atoms with E-state index in [-0.39, 0.29) is 24.8 Å². The van der Waals surface area contributed by atoms with Crippen LogP contribution in [0, 0.1) is 0 Å². The Morgan fingerprint density at radius 3 is 2.65 bits per heavy atom. The molecular weight excluding hydrogens is 260 g/mol. The van der Waals surface area contributed by atoms with Gasteiger partial charge in [-0.2, -0.15) is 0 Å². The van der Waals surface area contributed by atoms with Gasteiger partial charge in [-0.15, -0.1) is 0 Å². The van der Waals surface area contributed by atoms with E-state index < -0.39 is 5.92 Å². The Morgan fingerprint density at radius 2 is 2.00 bits per heavy atom. The number of amides is 1. The molecule has 1 aliphatic heterocycles. The minimum absolute atomic E-state index is 0.0288. The third-order valence-corrected chi connectivity index (χ3v) is 4.33. The van der Waals surface area contributed by atoms with Crippen molar-refractivity contribution in [3.8, 4) is 0 Å². The molecule has 2 nitrogen and oxygen atoms in total. The quantitative estimate of drug-likeness (QED) is 0.803. The van der Waals surface area contributed by atoms with Gasteiger partial charge in [-0.1, -0.05) is 24.8 Å². The zero-order valence-corrected chi connectivity index (χ0v) is 11.2. The molecule has 4 heteroatoms. The standard InChI is InChI=1S/C16H17F2NO/c1-2-11-3-4-12-10-19(15(20)14(12)9-11)13-5-7-16(17,18)8-6-13/h2-4,9,13H,1,5-8,10H2. The van der Waals surface area contributed by atoms with Gasteiger partial charge in [0.15, 0.2) is 0 Å². The van der Waals surface area contributed by atoms with Crippen LogP contribution in [0.2, 0.25) is 0 Å². The number of nitrogens with zero attached hydrogens (tertiary/aromatic N) is 1. The molecule has 2 aliphatic rings. The lowest BCUT2D eigenvalue weighted by molar-refractivity contribution is -0.0510. The molecule has 1 fully saturated rings. The van der Waals surface area contributed by atoms with E-state index in [0.29, 0.717) is 24.9 Å². The summed E-state index contributed by atoms with van der Waals surface area (Å²) in [5, 5.41) is 0. The van der Waals surface area contributed by atoms with Crippen LogP contribution >= 0.6 is 0 Å². The number of carbonyl (C=O) groups is 1. The fraction of sp³-hybridized carbons (Fsp3) is 0.438. The van der Waals surface area contributed by atoms with E-state index in [4.69, 9.17) is 0 Å². The van der Waals surface area contributed by atoms with Crippen LogP contribution in [0.5, 0.6) is 0 Å². The van der Waals surface area contributed by atoms with Crippen molar-refractivity contribution < 1.29 is 13.6 Å². The van der Waals surface area contributed by atoms with E-state index >= 15 is 0 Å². The van der Waals surface area contributed by atoms with Gasteiger partial charge in [-0.05, 0) is 30.0 Å². The second-order valence-corrected chi connectivity index (χ2v) is 5.64. The van der Waals surface area contributed by atoms with Crippen molar-refractivity contribution in [2.24, 2.45) is 0 Å². The summed E-state index contributed by atoms with van der Waals surface area (Å²) in [4.78, 5) is 14.2. The molecule has 0 unspecified atom stereocenters. The first-order valence-electron chi connectivity index (χ1n) is 6.94. The third kappa shape index (κ3) is 2.23. The number of benzene rings is 1. The Hall–Kier alpha value is -1.71. The highest BCUT2D eigenvalue weighted by atomic mass is 19.3. The summed E-state index contributed by atoms with van der Waals surface area (Å²) in [5.74, 6) is -2.58. The zero-order chi connectivity index (χ0) is 14.3. The van der Waals surface area contributed by atoms with Crippen molar-refractivity contribution in [3.05, 3.63) is 41.5 Å². The average Bonchev–Trinajstić information content (AvgIpc) is 2.76. The van der Waals surface area contributed by atoms with Gasteiger partial charge in [0.05, 0.1) is 0 Å². The Kier molecular flexibility index (Phi) is 3.11. The molecular formula is C16H17F2NO. The SMILES string of the molecule is C=Cc1ccc2c(c1)C(=O)N(C1CCC(F)(F)CC1)C2. The molecule has 1 saturated carbocycles. The number of alkyl halides is 2. The molecule has 0 saturated heterocycles. The van der Waals surface area contributed by atoms with E-state index in [9.17, 15) is 13.6 Å². The maximum absolute atomic E-state index is 13.2. The van der Waals surface area contributed by atoms with Gasteiger partial charge < -0.3 is 4.90 Å². The molecule has 1 heterocycles. The maximum atomic E-state index is 13.2. The number of hydrogen-bond donors (Lipinski definition) is 0. The molecule has 1 aliphatic carbocycles. The molecule has 0 bridgehead atoms. The number of rotatable bonds is 2. The topological polar surface area (TPSA) is 20.3 Å². The fourth-order valence-corrected chi connectivity index (χ4v) is 3.10. The van der Waals surface area contributed by atoms with Gasteiger partial charge in [0.1, 0.15) is 0 Å². The summed E-state index contributed by atoms with van der Waals surface area (Å²) in [5.41, 5.74) is 2.59. The van der Waals surface area contributed by atoms with Gasteiger partial charge in [0, 0.05) is 31.0 Å². The van der Waals surface area contributed by atoms with Crippen molar-refractivity contribution in [3.63, 3.8) is 0 Å². The highest BCUT2D eigenvalue weighted by Gasteiger charge is 2.40. The summed E-state index contributed by atoms with van der Waals surface area (Å²) in [6, 6.07) is 5.64. The van der Waals surface area contributed by atoms with Crippen molar-refractivity contribution >= 4 is 12.0 Å². The lowest BCUT2D eigenvalue weighted by atomic mass is 9.91. The number of hydrogen-bond acceptors (Lipinski definition) is 1. The van der Waals surface area contributed by atoms with Gasteiger partial charge in [-0.3, -0.25) is 4.79 Å². The summed E-state index contributed by atoms with van der Waals surface area (Å²) in [7, 11) is 0. The molecule has 0 radical (unpaired) electrons. The average molecular weight is 277 g/mol. The van der Waals surface area contributed by atoms with E-state index in [0.717, 1.165) is 11.1 Å². The maximum Gasteiger partial charge on any atom is 0.254 e. The van der Waals surface area contributed by atoms with Crippen LogP contribution < -0.4 is 0 Å². The molecule has 106 valence electrons. The minimum Gasteiger partial charge on any atom is -0.331 e. The van der Waals surface area contributed by atoms with Crippen LogP contribution in [0.25, 0.3) is 6.08 Å². The lowest BCUT2D eigenvalue weighted by Gasteiger charge is -2.34. The highest BCUT2D eigenvalue weighted by Crippen LogP contribution is 2.37. The molecule has 1 aromatic rings. The number of halogens is 2. The Morgan fingerprint density at radius 1 is 1.30 bits per heavy atom. The first-order chi connectivity index (χ1) is 9.50. The van der Waals surface area contributed by atoms with Crippen LogP contribution in [-0.4, -0.2) is 22.8 Å². The number of carbonyl (C=O) groups excluding carboxylic acids is 1. The molecule has 0 aromatic heterocycles. The minimum atomic E-state index is -2.55. The van der Waals surface area contributed by atoms with Crippen molar-refractivity contribution in [2.75, 3.05) is 0 Å². The van der Waals surface area contributed by atoms with Crippen molar-refractivity contribution in [1.29, 1.82) is 0 Å². The summed E-state index contributed by atoms with van der Waals surface area (Å²) in [6.45, 7) is 4.24. The van der Waals surface area contributed by atoms with E-state index in [1.54, 1.807) is 11.0 Å². The fourth-order valence-electron chi connectivity index (χ4n) is 3.10. The summed E-state index contributed by atoms with van der Waals surface area (Å²) in [6.07, 6.45) is 2.25. The Balaban J connectivity index is 1.79. The summed E-state index contributed by atoms with van der Waals surface area (Å²) >= 11 is 0. The Labute approximate surface area is 117 Å². The van der Waals surface area contributed by atoms with Crippen LogP contribution in [0.4, 0.5) is 8.78 Å². The monoisotopic (exact) mass is 277 g/mol. The first kappa shape index (κ1) is 13.3. The highest BCUT2D eigenvalue weighted by molar-refractivity contribution is 5.99. The smallest absolute Gasteiger partial charge is 0.254 e. The van der Waals surface area contributed by atoms with Crippen molar-refractivity contribution in [1.82, 2.24) is 4.90 Å². The van der Waals surface area contributed by atoms with Gasteiger partial charge in [0.2, 0.25) is 5.92 Å². The van der Waals surface area contributed by atoms with Crippen molar-refractivity contribution in [2.45, 2.75) is 44.2 Å². The van der Waals surface area contributed by atoms with Gasteiger partial charge >= 0.3 is 0 Å². The van der Waals surface area contributed by atoms with E-state index in [1.165, 1.54) is 0 Å². The first-order valence-corrected chi connectivity index (χ1v) is 6.94. The lowest BCUT2D eigenvalue weighted by Crippen LogP contribution is -2.40. The van der Waals surface area contributed by atoms with Crippen LogP contribution in [0.3, 0.4) is 0 Å². The second kappa shape index (κ2) is 4.69. The molecule has 0 spiro atoms. The van der Waals surface area contributed by atoms with E-state index in [2.05, 4.69) is 6.58 Å². The van der Waals surface area contributed by atoms with Crippen LogP contribution in [0.1, 0.15) is 47.2 Å². The van der Waals surface area contributed by atoms with Gasteiger partial charge in [0.25, 0.3) is 5.91 Å². The number of fused-ring (bicyclic) bond motifs is 1. The molecule has 1 aromatic carbocycles. The largest absolute Gasteiger partial charge is 0.331 e. The molecule has 20 heavy (non-hydrogen) atoms. The summed E-state index contributed by atoms with van der Waals surface area (Å²) < 4.78 is 26.4. The predicted octanol–water partition coefficient (Wildman–Crippen LogP) is 3.86. The zero-order valence-electron chi connectivity index (χ0n) is 11.2. The van der Waals surface area contributed by atoms with E-state index in [1.807, 2.05) is 18.2 Å². The molecule has 3 rings (SSSR count). The second-order valence-electron chi connectivity index (χ2n) is 5.64. The molecule has 0 atom stereocenters. The predicted molar refractivity (Wildman–Crippen MR) is 73.6 cm³/mol.